The van der Waals surface area contributed by atoms with E-state index in [9.17, 15) is 4.79 Å². The number of hydrogen-bond acceptors (Lipinski definition) is 2. The molecule has 1 rings (SSSR count). The maximum Gasteiger partial charge on any atom is 0.245 e. The molecule has 57 valence electrons. The summed E-state index contributed by atoms with van der Waals surface area (Å²) in [6.45, 7) is 1.11. The van der Waals surface area contributed by atoms with Crippen LogP contribution in [0.15, 0.2) is 0 Å². The van der Waals surface area contributed by atoms with Crippen LogP contribution in [0.4, 0.5) is 0 Å². The fourth-order valence-corrected chi connectivity index (χ4v) is 0.977. The Hall–Kier alpha value is -0.610. The van der Waals surface area contributed by atoms with Crippen molar-refractivity contribution in [3.05, 3.63) is 0 Å². The molecule has 1 atom stereocenters. The van der Waals surface area contributed by atoms with Crippen LogP contribution in [0.3, 0.4) is 0 Å². The molecule has 0 bridgehead atoms. The predicted molar refractivity (Wildman–Crippen MR) is 35.5 cm³/mol. The van der Waals surface area contributed by atoms with Crippen LogP contribution in [0.5, 0.6) is 0 Å². The van der Waals surface area contributed by atoms with Gasteiger partial charge >= 0.3 is 0 Å². The van der Waals surface area contributed by atoms with Gasteiger partial charge in [0.15, 0.2) is 0 Å². The lowest BCUT2D eigenvalue weighted by Gasteiger charge is -2.08. The first kappa shape index (κ1) is 7.50. The molecule has 4 nitrogen and oxygen atoms in total. The van der Waals surface area contributed by atoms with E-state index in [-0.39, 0.29) is 11.9 Å². The van der Waals surface area contributed by atoms with Gasteiger partial charge in [-0.1, -0.05) is 0 Å². The smallest absolute Gasteiger partial charge is 0.245 e. The van der Waals surface area contributed by atoms with Gasteiger partial charge in [0.25, 0.3) is 0 Å². The highest BCUT2D eigenvalue weighted by molar-refractivity contribution is 5.77. The molecule has 1 fully saturated rings. The topological polar surface area (TPSA) is 63.4 Å². The second kappa shape index (κ2) is 3.53. The van der Waals surface area contributed by atoms with E-state index in [1.807, 2.05) is 0 Å². The van der Waals surface area contributed by atoms with Gasteiger partial charge in [0.05, 0.1) is 0 Å². The van der Waals surface area contributed by atoms with Gasteiger partial charge in [-0.15, -0.1) is 0 Å². The first-order valence-electron chi connectivity index (χ1n) is 3.36. The number of rotatable bonds is 2. The molecule has 0 spiro atoms. The van der Waals surface area contributed by atoms with Crippen molar-refractivity contribution in [2.45, 2.75) is 12.5 Å². The Labute approximate surface area is 59.6 Å². The molecule has 0 aromatic heterocycles. The fraction of sp³-hybridized carbons (Fsp3) is 0.833. The average molecular weight is 143 g/mol. The predicted octanol–water partition coefficient (Wildman–Crippen LogP) is -1.53. The van der Waals surface area contributed by atoms with Crippen LogP contribution >= 0.6 is 0 Å². The normalized spacial score (nSPS) is 24.7. The molecule has 1 aliphatic rings. The number of hydrogen-bond donors (Lipinski definition) is 2. The Balaban J connectivity index is 2.17. The number of amides is 1. The Morgan fingerprint density at radius 2 is 2.60 bits per heavy atom. The molecule has 0 saturated carbocycles. The van der Waals surface area contributed by atoms with Crippen molar-refractivity contribution >= 4 is 5.91 Å². The molecule has 1 saturated heterocycles. The molecule has 10 heavy (non-hydrogen) atoms. The van der Waals surface area contributed by atoms with E-state index in [2.05, 4.69) is 10.6 Å². The summed E-state index contributed by atoms with van der Waals surface area (Å²) < 4.78 is 0. The van der Waals surface area contributed by atoms with Crippen LogP contribution in [-0.2, 0) is 4.79 Å². The summed E-state index contributed by atoms with van der Waals surface area (Å²) in [6.07, 6.45) is 0.908. The first-order chi connectivity index (χ1) is 4.83. The molecule has 0 aliphatic carbocycles. The molecular formula is C6H11N2O2. The van der Waals surface area contributed by atoms with Crippen molar-refractivity contribution in [1.29, 1.82) is 0 Å². The quantitative estimate of drug-likeness (QED) is 0.492. The Morgan fingerprint density at radius 3 is 3.10 bits per heavy atom. The summed E-state index contributed by atoms with van der Waals surface area (Å²) in [6, 6.07) is 0.166. The van der Waals surface area contributed by atoms with Gasteiger partial charge in [-0.25, -0.2) is 5.32 Å². The number of aliphatic hydroxyl groups excluding tert-OH is 1. The van der Waals surface area contributed by atoms with Crippen molar-refractivity contribution in [2.75, 3.05) is 19.7 Å². The van der Waals surface area contributed by atoms with Crippen molar-refractivity contribution in [2.24, 2.45) is 0 Å². The highest BCUT2D eigenvalue weighted by Crippen LogP contribution is 1.97. The lowest BCUT2D eigenvalue weighted by atomic mass is 10.2. The monoisotopic (exact) mass is 143 g/mol. The Morgan fingerprint density at radius 1 is 1.80 bits per heavy atom. The van der Waals surface area contributed by atoms with Crippen molar-refractivity contribution < 1.29 is 9.90 Å². The van der Waals surface area contributed by atoms with E-state index in [0.717, 1.165) is 13.0 Å². The van der Waals surface area contributed by atoms with Crippen LogP contribution in [-0.4, -0.2) is 36.8 Å². The molecule has 1 aliphatic heterocycles. The molecule has 2 N–H and O–H groups in total. The van der Waals surface area contributed by atoms with Crippen molar-refractivity contribution in [3.8, 4) is 0 Å². The zero-order valence-corrected chi connectivity index (χ0v) is 5.71. The van der Waals surface area contributed by atoms with Crippen LogP contribution in [0, 0.1) is 0 Å². The van der Waals surface area contributed by atoms with Crippen molar-refractivity contribution in [1.82, 2.24) is 10.6 Å². The van der Waals surface area contributed by atoms with E-state index in [4.69, 9.17) is 5.11 Å². The summed E-state index contributed by atoms with van der Waals surface area (Å²) in [7, 11) is 0. The first-order valence-corrected chi connectivity index (χ1v) is 3.36. The lowest BCUT2D eigenvalue weighted by molar-refractivity contribution is -0.124. The van der Waals surface area contributed by atoms with Crippen LogP contribution in [0.2, 0.25) is 0 Å². The molecular weight excluding hydrogens is 132 g/mol. The van der Waals surface area contributed by atoms with E-state index < -0.39 is 6.61 Å². The molecule has 0 aromatic rings. The molecule has 1 radical (unpaired) electrons. The summed E-state index contributed by atoms with van der Waals surface area (Å²) in [4.78, 5) is 10.6. The van der Waals surface area contributed by atoms with Gasteiger partial charge in [-0.05, 0) is 6.42 Å². The van der Waals surface area contributed by atoms with E-state index in [0.29, 0.717) is 6.54 Å². The second-order valence-electron chi connectivity index (χ2n) is 2.34. The summed E-state index contributed by atoms with van der Waals surface area (Å²) in [5.41, 5.74) is 0. The third kappa shape index (κ3) is 1.97. The van der Waals surface area contributed by atoms with E-state index in [1.165, 1.54) is 0 Å². The van der Waals surface area contributed by atoms with E-state index in [1.54, 1.807) is 0 Å². The van der Waals surface area contributed by atoms with Gasteiger partial charge < -0.3 is 10.4 Å². The third-order valence-corrected chi connectivity index (χ3v) is 1.49. The molecule has 0 aromatic carbocycles. The Bertz CT molecular complexity index is 121. The van der Waals surface area contributed by atoms with Gasteiger partial charge in [-0.2, -0.15) is 0 Å². The zero-order chi connectivity index (χ0) is 7.40. The summed E-state index contributed by atoms with van der Waals surface area (Å²) in [5.74, 6) is -0.304. The summed E-state index contributed by atoms with van der Waals surface area (Å²) in [5, 5.41) is 15.1. The minimum atomic E-state index is -0.420. The van der Waals surface area contributed by atoms with Crippen LogP contribution in [0.25, 0.3) is 0 Å². The number of nitrogens with zero attached hydrogens (tertiary/aromatic N) is 1. The van der Waals surface area contributed by atoms with Gasteiger partial charge in [0, 0.05) is 19.1 Å². The summed E-state index contributed by atoms with van der Waals surface area (Å²) >= 11 is 0. The number of carbonyl (C=O) groups is 1. The minimum Gasteiger partial charge on any atom is -0.387 e. The van der Waals surface area contributed by atoms with E-state index >= 15 is 0 Å². The minimum absolute atomic E-state index is 0.166. The van der Waals surface area contributed by atoms with Crippen LogP contribution in [0.1, 0.15) is 6.42 Å². The second-order valence-corrected chi connectivity index (χ2v) is 2.34. The maximum absolute atomic E-state index is 10.6. The number of carbonyl (C=O) groups excluding carboxylic acids is 1. The molecule has 1 heterocycles. The maximum atomic E-state index is 10.6. The van der Waals surface area contributed by atoms with Crippen molar-refractivity contribution in [3.63, 3.8) is 0 Å². The third-order valence-electron chi connectivity index (χ3n) is 1.49. The molecule has 4 heteroatoms. The highest BCUT2D eigenvalue weighted by Gasteiger charge is 2.16. The standard InChI is InChI=1S/C6H11N2O2/c9-4-6(10)8-5-1-2-7-3-5/h5,9H,1-4H2,(H,8,10). The lowest BCUT2D eigenvalue weighted by Crippen LogP contribution is -2.37. The van der Waals surface area contributed by atoms with Gasteiger partial charge in [-0.3, -0.25) is 4.79 Å². The number of nitrogens with one attached hydrogen (secondary N) is 1. The Kier molecular flexibility index (Phi) is 2.65. The largest absolute Gasteiger partial charge is 0.387 e. The SMILES string of the molecule is O=C(CO)NC1CC[N]C1. The molecule has 1 unspecified atom stereocenters. The van der Waals surface area contributed by atoms with Gasteiger partial charge in [0.1, 0.15) is 6.61 Å². The zero-order valence-electron chi connectivity index (χ0n) is 5.71. The average Bonchev–Trinajstić information content (AvgIpc) is 2.40. The number of aliphatic hydroxyl groups is 1. The van der Waals surface area contributed by atoms with Crippen LogP contribution < -0.4 is 10.6 Å². The molecule has 1 amide bonds. The highest BCUT2D eigenvalue weighted by atomic mass is 16.3. The fourth-order valence-electron chi connectivity index (χ4n) is 0.977. The van der Waals surface area contributed by atoms with Gasteiger partial charge in [0.2, 0.25) is 5.91 Å².